The molecule has 0 bridgehead atoms. The van der Waals surface area contributed by atoms with Crippen molar-refractivity contribution in [3.05, 3.63) is 28.2 Å². The minimum Gasteiger partial charge on any atom is -0.496 e. The van der Waals surface area contributed by atoms with Crippen LogP contribution in [0.2, 0.25) is 0 Å². The fourth-order valence-corrected chi connectivity index (χ4v) is 3.21. The van der Waals surface area contributed by atoms with Gasteiger partial charge in [-0.25, -0.2) is 5.43 Å². The van der Waals surface area contributed by atoms with E-state index >= 15 is 0 Å². The average molecular weight is 382 g/mol. The third-order valence-electron chi connectivity index (χ3n) is 3.89. The van der Waals surface area contributed by atoms with Crippen molar-refractivity contribution in [2.45, 2.75) is 32.1 Å². The Morgan fingerprint density at radius 3 is 2.65 bits per heavy atom. The molecule has 0 unspecified atom stereocenters. The van der Waals surface area contributed by atoms with Gasteiger partial charge in [-0.2, -0.15) is 5.10 Å². The van der Waals surface area contributed by atoms with E-state index in [4.69, 9.17) is 4.74 Å². The Hall–Kier alpha value is -1.40. The van der Waals surface area contributed by atoms with Crippen LogP contribution in [0, 0.1) is 0 Å². The summed E-state index contributed by atoms with van der Waals surface area (Å²) in [4.78, 5) is 14.2. The molecule has 0 radical (unpaired) electrons. The minimum atomic E-state index is -0.0607. The topological polar surface area (TPSA) is 53.9 Å². The first-order valence-electron chi connectivity index (χ1n) is 8.07. The molecule has 1 amide bonds. The molecule has 1 aromatic carbocycles. The van der Waals surface area contributed by atoms with Crippen LogP contribution >= 0.6 is 15.9 Å². The van der Waals surface area contributed by atoms with Gasteiger partial charge in [0.2, 0.25) is 0 Å². The lowest BCUT2D eigenvalue weighted by Crippen LogP contribution is -2.37. The lowest BCUT2D eigenvalue weighted by atomic mass is 10.1. The van der Waals surface area contributed by atoms with E-state index in [1.54, 1.807) is 13.3 Å². The van der Waals surface area contributed by atoms with Crippen LogP contribution in [0.3, 0.4) is 0 Å². The first-order chi connectivity index (χ1) is 11.2. The zero-order chi connectivity index (χ0) is 16.5. The number of carbonyl (C=O) groups is 1. The van der Waals surface area contributed by atoms with E-state index in [-0.39, 0.29) is 5.91 Å². The molecule has 1 aliphatic rings. The summed E-state index contributed by atoms with van der Waals surface area (Å²) in [6, 6.07) is 5.64. The van der Waals surface area contributed by atoms with E-state index in [9.17, 15) is 4.79 Å². The van der Waals surface area contributed by atoms with Gasteiger partial charge < -0.3 is 4.74 Å². The molecule has 1 fully saturated rings. The molecule has 0 aliphatic carbocycles. The number of nitrogens with one attached hydrogen (secondary N) is 1. The molecule has 1 aliphatic heterocycles. The molecule has 0 spiro atoms. The van der Waals surface area contributed by atoms with Crippen LogP contribution in [-0.2, 0) is 4.79 Å². The second-order valence-corrected chi connectivity index (χ2v) is 6.59. The van der Waals surface area contributed by atoms with Crippen molar-refractivity contribution in [3.63, 3.8) is 0 Å². The molecule has 1 aromatic rings. The maximum atomic E-state index is 12.0. The zero-order valence-electron chi connectivity index (χ0n) is 13.6. The highest BCUT2D eigenvalue weighted by Gasteiger charge is 2.11. The normalized spacial score (nSPS) is 16.8. The lowest BCUT2D eigenvalue weighted by Gasteiger charge is -2.23. The molecule has 1 N–H and O–H groups in total. The molecular formula is C17H24BrN3O2. The van der Waals surface area contributed by atoms with Gasteiger partial charge in [-0.1, -0.05) is 19.3 Å². The summed E-state index contributed by atoms with van der Waals surface area (Å²) in [5.41, 5.74) is 3.50. The van der Waals surface area contributed by atoms with Gasteiger partial charge in [-0.15, -0.1) is 0 Å². The number of rotatable bonds is 5. The summed E-state index contributed by atoms with van der Waals surface area (Å²) < 4.78 is 6.04. The van der Waals surface area contributed by atoms with Gasteiger partial charge in [-0.3, -0.25) is 9.69 Å². The number of halogens is 1. The van der Waals surface area contributed by atoms with Crippen molar-refractivity contribution in [1.29, 1.82) is 0 Å². The van der Waals surface area contributed by atoms with Crippen LogP contribution in [0.4, 0.5) is 0 Å². The average Bonchev–Trinajstić information content (AvgIpc) is 2.50. The smallest absolute Gasteiger partial charge is 0.254 e. The van der Waals surface area contributed by atoms with Crippen LogP contribution in [0.25, 0.3) is 0 Å². The predicted octanol–water partition coefficient (Wildman–Crippen LogP) is 3.17. The number of hydrogen-bond donors (Lipinski definition) is 1. The van der Waals surface area contributed by atoms with Crippen LogP contribution in [-0.4, -0.2) is 43.8 Å². The van der Waals surface area contributed by atoms with E-state index < -0.39 is 0 Å². The summed E-state index contributed by atoms with van der Waals surface area (Å²) in [6.07, 6.45) is 7.84. The van der Waals surface area contributed by atoms with Crippen LogP contribution in [0.1, 0.15) is 37.7 Å². The molecule has 1 heterocycles. The highest BCUT2D eigenvalue weighted by molar-refractivity contribution is 9.10. The van der Waals surface area contributed by atoms with Crippen LogP contribution in [0.15, 0.2) is 27.8 Å². The number of likely N-dealkylation sites (tertiary alicyclic amines) is 1. The molecular weight excluding hydrogens is 358 g/mol. The van der Waals surface area contributed by atoms with E-state index in [0.29, 0.717) is 6.54 Å². The number of hydrogen-bond acceptors (Lipinski definition) is 4. The first kappa shape index (κ1) is 17.9. The second kappa shape index (κ2) is 9.67. The van der Waals surface area contributed by atoms with Crippen molar-refractivity contribution in [3.8, 4) is 5.75 Å². The Kier molecular flexibility index (Phi) is 7.55. The maximum Gasteiger partial charge on any atom is 0.254 e. The number of carbonyl (C=O) groups excluding carboxylic acids is 1. The van der Waals surface area contributed by atoms with Crippen molar-refractivity contribution in [2.24, 2.45) is 5.10 Å². The molecule has 6 heteroatoms. The number of ether oxygens (including phenoxy) is 1. The quantitative estimate of drug-likeness (QED) is 0.629. The number of amides is 1. The first-order valence-corrected chi connectivity index (χ1v) is 8.86. The molecule has 23 heavy (non-hydrogen) atoms. The molecule has 5 nitrogen and oxygen atoms in total. The van der Waals surface area contributed by atoms with Crippen LogP contribution in [0.5, 0.6) is 5.75 Å². The molecule has 0 atom stereocenters. The summed E-state index contributed by atoms with van der Waals surface area (Å²) in [5.74, 6) is 0.706. The number of nitrogens with zero attached hydrogens (tertiary/aromatic N) is 2. The highest BCUT2D eigenvalue weighted by Crippen LogP contribution is 2.24. The molecule has 0 saturated carbocycles. The molecule has 126 valence electrons. The van der Waals surface area contributed by atoms with Gasteiger partial charge in [0.15, 0.2) is 0 Å². The van der Waals surface area contributed by atoms with Gasteiger partial charge in [0, 0.05) is 0 Å². The largest absolute Gasteiger partial charge is 0.496 e. The zero-order valence-corrected chi connectivity index (χ0v) is 15.1. The third-order valence-corrected chi connectivity index (χ3v) is 4.51. The molecule has 0 aromatic heterocycles. The Morgan fingerprint density at radius 1 is 1.30 bits per heavy atom. The van der Waals surface area contributed by atoms with E-state index in [2.05, 4.69) is 31.4 Å². The van der Waals surface area contributed by atoms with Crippen molar-refractivity contribution >= 4 is 28.1 Å². The molecule has 2 rings (SSSR count). The van der Waals surface area contributed by atoms with Crippen LogP contribution < -0.4 is 10.2 Å². The van der Waals surface area contributed by atoms with E-state index in [1.807, 2.05) is 18.2 Å². The monoisotopic (exact) mass is 381 g/mol. The van der Waals surface area contributed by atoms with E-state index in [0.717, 1.165) is 28.9 Å². The standard InChI is InChI=1S/C17H24BrN3O2/c1-23-16-8-7-14(11-15(16)18)12-19-20-17(22)13-21-9-5-3-2-4-6-10-21/h7-8,11-12H,2-6,9-10,13H2,1H3,(H,20,22). The summed E-state index contributed by atoms with van der Waals surface area (Å²) >= 11 is 3.43. The minimum absolute atomic E-state index is 0.0607. The van der Waals surface area contributed by atoms with Gasteiger partial charge in [-0.05, 0) is 65.6 Å². The summed E-state index contributed by atoms with van der Waals surface area (Å²) in [5, 5.41) is 4.03. The predicted molar refractivity (Wildman–Crippen MR) is 96.0 cm³/mol. The highest BCUT2D eigenvalue weighted by atomic mass is 79.9. The fourth-order valence-electron chi connectivity index (χ4n) is 2.65. The second-order valence-electron chi connectivity index (χ2n) is 5.73. The Morgan fingerprint density at radius 2 is 2.00 bits per heavy atom. The third kappa shape index (κ3) is 6.31. The Bertz CT molecular complexity index is 541. The molecule has 1 saturated heterocycles. The van der Waals surface area contributed by atoms with Gasteiger partial charge >= 0.3 is 0 Å². The lowest BCUT2D eigenvalue weighted by molar-refractivity contribution is -0.122. The van der Waals surface area contributed by atoms with Gasteiger partial charge in [0.05, 0.1) is 24.3 Å². The maximum absolute atomic E-state index is 12.0. The van der Waals surface area contributed by atoms with Crippen molar-refractivity contribution in [2.75, 3.05) is 26.7 Å². The van der Waals surface area contributed by atoms with Crippen molar-refractivity contribution < 1.29 is 9.53 Å². The summed E-state index contributed by atoms with van der Waals surface area (Å²) in [6.45, 7) is 2.43. The summed E-state index contributed by atoms with van der Waals surface area (Å²) in [7, 11) is 1.62. The fraction of sp³-hybridized carbons (Fsp3) is 0.529. The number of hydrazone groups is 1. The SMILES string of the molecule is COc1ccc(C=NNC(=O)CN2CCCCCCC2)cc1Br. The van der Waals surface area contributed by atoms with Crippen molar-refractivity contribution in [1.82, 2.24) is 10.3 Å². The van der Waals surface area contributed by atoms with E-state index in [1.165, 1.54) is 32.1 Å². The van der Waals surface area contributed by atoms with Gasteiger partial charge in [0.1, 0.15) is 5.75 Å². The number of methoxy groups -OCH3 is 1. The number of benzene rings is 1. The van der Waals surface area contributed by atoms with Gasteiger partial charge in [0.25, 0.3) is 5.91 Å². The Labute approximate surface area is 146 Å². The Balaban J connectivity index is 1.79.